The van der Waals surface area contributed by atoms with Gasteiger partial charge in [0.15, 0.2) is 0 Å². The first-order valence-corrected chi connectivity index (χ1v) is 11.1. The van der Waals surface area contributed by atoms with Crippen molar-refractivity contribution in [2.45, 2.75) is 12.8 Å². The minimum atomic E-state index is -0.881. The Hall–Kier alpha value is -1.79. The van der Waals surface area contributed by atoms with E-state index in [-0.39, 0.29) is 19.6 Å². The van der Waals surface area contributed by atoms with Crippen molar-refractivity contribution in [3.8, 4) is 0 Å². The Balaban J connectivity index is 2.08. The van der Waals surface area contributed by atoms with Gasteiger partial charge in [0.05, 0.1) is 19.6 Å². The summed E-state index contributed by atoms with van der Waals surface area (Å²) < 4.78 is 0. The van der Waals surface area contributed by atoms with Crippen molar-refractivity contribution in [1.82, 2.24) is 24.5 Å². The monoisotopic (exact) mass is 443 g/mol. The molecule has 0 aromatic heterocycles. The van der Waals surface area contributed by atoms with Crippen LogP contribution in [0.1, 0.15) is 12.8 Å². The van der Waals surface area contributed by atoms with Gasteiger partial charge >= 0.3 is 17.9 Å². The Morgan fingerprint density at radius 1 is 0.452 bits per heavy atom. The SMILES string of the molecule is O=C(O)CN1CCCN2CCN(CCCN(CC(=O)O)CC1)CCN(CC(=O)O)CC2. The van der Waals surface area contributed by atoms with Gasteiger partial charge in [-0.1, -0.05) is 0 Å². The molecule has 0 aliphatic carbocycles. The lowest BCUT2D eigenvalue weighted by molar-refractivity contribution is -0.140. The Morgan fingerprint density at radius 3 is 1.10 bits per heavy atom. The number of hydrogen-bond acceptors (Lipinski definition) is 8. The Morgan fingerprint density at radius 2 is 0.742 bits per heavy atom. The minimum absolute atomic E-state index is 0.0282. The summed E-state index contributed by atoms with van der Waals surface area (Å²) >= 11 is 0. The van der Waals surface area contributed by atoms with Gasteiger partial charge in [0.2, 0.25) is 0 Å². The maximum absolute atomic E-state index is 11.3. The van der Waals surface area contributed by atoms with Crippen LogP contribution in [0.15, 0.2) is 0 Å². The third-order valence-electron chi connectivity index (χ3n) is 5.90. The normalized spacial score (nSPS) is 26.3. The van der Waals surface area contributed by atoms with Crippen LogP contribution in [-0.4, -0.2) is 156 Å². The van der Waals surface area contributed by atoms with E-state index in [1.807, 2.05) is 14.7 Å². The number of nitrogens with zero attached hydrogens (tertiary/aromatic N) is 5. The van der Waals surface area contributed by atoms with Crippen molar-refractivity contribution < 1.29 is 29.7 Å². The second-order valence-electron chi connectivity index (χ2n) is 8.40. The van der Waals surface area contributed by atoms with Gasteiger partial charge in [-0.2, -0.15) is 0 Å². The van der Waals surface area contributed by atoms with Crippen molar-refractivity contribution in [3.63, 3.8) is 0 Å². The number of carbonyl (C=O) groups is 3. The van der Waals surface area contributed by atoms with E-state index >= 15 is 0 Å². The number of carboxylic acids is 3. The maximum Gasteiger partial charge on any atom is 0.317 e. The van der Waals surface area contributed by atoms with Crippen molar-refractivity contribution in [2.75, 3.05) is 98.2 Å². The summed E-state index contributed by atoms with van der Waals surface area (Å²) in [7, 11) is 0. The van der Waals surface area contributed by atoms with Gasteiger partial charge in [0.25, 0.3) is 0 Å². The molecule has 178 valence electrons. The Labute approximate surface area is 183 Å². The van der Waals surface area contributed by atoms with Gasteiger partial charge < -0.3 is 25.1 Å². The molecule has 2 bridgehead atoms. The van der Waals surface area contributed by atoms with E-state index in [9.17, 15) is 29.7 Å². The molecule has 0 aromatic rings. The first-order chi connectivity index (χ1) is 14.8. The molecule has 0 spiro atoms. The van der Waals surface area contributed by atoms with Crippen LogP contribution in [0.3, 0.4) is 0 Å². The van der Waals surface area contributed by atoms with Gasteiger partial charge in [-0.25, -0.2) is 0 Å². The van der Waals surface area contributed by atoms with Crippen molar-refractivity contribution in [1.29, 1.82) is 0 Å². The van der Waals surface area contributed by atoms with Gasteiger partial charge in [-0.15, -0.1) is 0 Å². The molecule has 11 nitrogen and oxygen atoms in total. The highest BCUT2D eigenvalue weighted by Crippen LogP contribution is 2.06. The van der Waals surface area contributed by atoms with E-state index in [1.165, 1.54) is 0 Å². The lowest BCUT2D eigenvalue weighted by Crippen LogP contribution is -2.43. The first kappa shape index (κ1) is 25.5. The molecule has 2 rings (SSSR count). The van der Waals surface area contributed by atoms with Gasteiger partial charge in [0.1, 0.15) is 0 Å². The number of hydrogen-bond donors (Lipinski definition) is 3. The predicted molar refractivity (Wildman–Crippen MR) is 114 cm³/mol. The summed E-state index contributed by atoms with van der Waals surface area (Å²) in [5.41, 5.74) is 0. The molecule has 3 N–H and O–H groups in total. The van der Waals surface area contributed by atoms with Gasteiger partial charge in [-0.05, 0) is 25.9 Å². The Kier molecular flexibility index (Phi) is 11.2. The molecule has 0 radical (unpaired) electrons. The van der Waals surface area contributed by atoms with Crippen LogP contribution >= 0.6 is 0 Å². The second-order valence-corrected chi connectivity index (χ2v) is 8.40. The largest absolute Gasteiger partial charge is 0.480 e. The van der Waals surface area contributed by atoms with Gasteiger partial charge in [-0.3, -0.25) is 29.1 Å². The molecule has 0 amide bonds. The smallest absolute Gasteiger partial charge is 0.317 e. The topological polar surface area (TPSA) is 128 Å². The van der Waals surface area contributed by atoms with Crippen molar-refractivity contribution in [3.05, 3.63) is 0 Å². The highest BCUT2D eigenvalue weighted by atomic mass is 16.4. The number of carboxylic acid groups (broad SMARTS) is 3. The summed E-state index contributed by atoms with van der Waals surface area (Å²) in [5, 5.41) is 27.7. The third-order valence-corrected chi connectivity index (χ3v) is 5.90. The summed E-state index contributed by atoms with van der Waals surface area (Å²) in [6, 6.07) is 0. The quantitative estimate of drug-likeness (QED) is 0.446. The maximum atomic E-state index is 11.3. The molecule has 11 heteroatoms. The molecule has 2 aliphatic rings. The molecule has 31 heavy (non-hydrogen) atoms. The summed E-state index contributed by atoms with van der Waals surface area (Å²) in [6.07, 6.45) is 1.62. The highest BCUT2D eigenvalue weighted by molar-refractivity contribution is 5.69. The van der Waals surface area contributed by atoms with Crippen LogP contribution in [0.2, 0.25) is 0 Å². The standard InChI is InChI=1S/C20H37N5O6/c26-18(27)15-23-5-1-3-21-7-8-22(10-12-25(11-9-21)17-20(30)31)4-2-6-24(14-13-23)16-19(28)29/h1-17H2,(H,26,27)(H,28,29)(H,30,31). The van der Waals surface area contributed by atoms with Crippen molar-refractivity contribution >= 4 is 17.9 Å². The van der Waals surface area contributed by atoms with Crippen LogP contribution in [0, 0.1) is 0 Å². The Bertz CT molecular complexity index is 550. The zero-order chi connectivity index (χ0) is 22.6. The highest BCUT2D eigenvalue weighted by Gasteiger charge is 2.20. The molecule has 2 fully saturated rings. The van der Waals surface area contributed by atoms with E-state index in [0.717, 1.165) is 52.1 Å². The van der Waals surface area contributed by atoms with Crippen LogP contribution in [0.5, 0.6) is 0 Å². The average Bonchev–Trinajstić information content (AvgIpc) is 2.76. The zero-order valence-corrected chi connectivity index (χ0v) is 18.3. The third kappa shape index (κ3) is 10.9. The average molecular weight is 444 g/mol. The summed E-state index contributed by atoms with van der Waals surface area (Å²) in [6.45, 7) is 8.65. The molecule has 2 aliphatic heterocycles. The fraction of sp³-hybridized carbons (Fsp3) is 0.850. The molecular weight excluding hydrogens is 406 g/mol. The van der Waals surface area contributed by atoms with Crippen molar-refractivity contribution in [2.24, 2.45) is 0 Å². The van der Waals surface area contributed by atoms with Crippen LogP contribution in [0.25, 0.3) is 0 Å². The first-order valence-electron chi connectivity index (χ1n) is 11.1. The van der Waals surface area contributed by atoms with E-state index in [0.29, 0.717) is 39.3 Å². The second kappa shape index (κ2) is 13.6. The van der Waals surface area contributed by atoms with Crippen LogP contribution in [0.4, 0.5) is 0 Å². The lowest BCUT2D eigenvalue weighted by atomic mass is 10.2. The number of rotatable bonds is 6. The van der Waals surface area contributed by atoms with Crippen LogP contribution in [-0.2, 0) is 14.4 Å². The summed E-state index contributed by atoms with van der Waals surface area (Å²) in [5.74, 6) is -2.58. The number of fused-ring (bicyclic) bond motifs is 3. The molecule has 2 heterocycles. The van der Waals surface area contributed by atoms with Gasteiger partial charge in [0, 0.05) is 65.4 Å². The van der Waals surface area contributed by atoms with Crippen LogP contribution < -0.4 is 0 Å². The molecular formula is C20H37N5O6. The van der Waals surface area contributed by atoms with E-state index in [4.69, 9.17) is 0 Å². The lowest BCUT2D eigenvalue weighted by Gasteiger charge is -2.30. The molecule has 2 unspecified atom stereocenters. The predicted octanol–water partition coefficient (Wildman–Crippen LogP) is -1.44. The minimum Gasteiger partial charge on any atom is -0.480 e. The van der Waals surface area contributed by atoms with E-state index in [2.05, 4.69) is 9.80 Å². The van der Waals surface area contributed by atoms with E-state index < -0.39 is 17.9 Å². The summed E-state index contributed by atoms with van der Waals surface area (Å²) in [4.78, 5) is 44.1. The fourth-order valence-electron chi connectivity index (χ4n) is 4.22. The zero-order valence-electron chi connectivity index (χ0n) is 18.3. The van der Waals surface area contributed by atoms with E-state index in [1.54, 1.807) is 0 Å². The molecule has 0 saturated carbocycles. The molecule has 0 aromatic carbocycles. The molecule has 2 saturated heterocycles. The molecule has 2 atom stereocenters. The fourth-order valence-corrected chi connectivity index (χ4v) is 4.22. The number of aliphatic carboxylic acids is 3.